The van der Waals surface area contributed by atoms with Gasteiger partial charge in [-0.15, -0.1) is 0 Å². The van der Waals surface area contributed by atoms with Crippen LogP contribution in [0.25, 0.3) is 0 Å². The van der Waals surface area contributed by atoms with E-state index < -0.39 is 0 Å². The molecule has 0 aliphatic heterocycles. The summed E-state index contributed by atoms with van der Waals surface area (Å²) in [6, 6.07) is 10.7. The molecule has 0 aromatic heterocycles. The van der Waals surface area contributed by atoms with Gasteiger partial charge in [0.1, 0.15) is 0 Å². The summed E-state index contributed by atoms with van der Waals surface area (Å²) in [6.07, 6.45) is 2.66. The highest BCUT2D eigenvalue weighted by atomic mass is 14.8. The minimum Gasteiger partial charge on any atom is -0.316 e. The van der Waals surface area contributed by atoms with Crippen molar-refractivity contribution in [1.82, 2.24) is 5.32 Å². The first-order valence-corrected chi connectivity index (χ1v) is 5.46. The van der Waals surface area contributed by atoms with Crippen LogP contribution in [-0.2, 0) is 6.42 Å². The van der Waals surface area contributed by atoms with Crippen LogP contribution >= 0.6 is 0 Å². The van der Waals surface area contributed by atoms with Crippen molar-refractivity contribution in [2.45, 2.75) is 26.2 Å². The first kappa shape index (κ1) is 11.7. The average molecular weight is 202 g/mol. The molecule has 0 atom stereocenters. The molecule has 2 heteroatoms. The molecule has 0 bridgehead atoms. The highest BCUT2D eigenvalue weighted by molar-refractivity contribution is 5.22. The Kier molecular flexibility index (Phi) is 5.50. The number of aryl methyl sites for hydroxylation is 1. The van der Waals surface area contributed by atoms with Crippen LogP contribution in [0, 0.1) is 18.3 Å². The summed E-state index contributed by atoms with van der Waals surface area (Å²) >= 11 is 0. The molecule has 0 aliphatic carbocycles. The van der Waals surface area contributed by atoms with Crippen LogP contribution in [0.3, 0.4) is 0 Å². The van der Waals surface area contributed by atoms with E-state index in [-0.39, 0.29) is 0 Å². The van der Waals surface area contributed by atoms with Crippen molar-refractivity contribution >= 4 is 0 Å². The topological polar surface area (TPSA) is 35.8 Å². The molecule has 15 heavy (non-hydrogen) atoms. The van der Waals surface area contributed by atoms with Crippen LogP contribution < -0.4 is 5.32 Å². The molecule has 0 saturated carbocycles. The van der Waals surface area contributed by atoms with Crippen LogP contribution in [0.15, 0.2) is 24.3 Å². The van der Waals surface area contributed by atoms with E-state index in [1.807, 2.05) is 0 Å². The number of benzene rings is 1. The fourth-order valence-electron chi connectivity index (χ4n) is 1.52. The van der Waals surface area contributed by atoms with Crippen LogP contribution in [0.1, 0.15) is 24.0 Å². The molecular weight excluding hydrogens is 184 g/mol. The van der Waals surface area contributed by atoms with Gasteiger partial charge in [0.15, 0.2) is 0 Å². The third-order valence-electron chi connectivity index (χ3n) is 2.32. The maximum Gasteiger partial charge on any atom is 0.0622 e. The van der Waals surface area contributed by atoms with Crippen molar-refractivity contribution in [1.29, 1.82) is 5.26 Å². The second-order valence-corrected chi connectivity index (χ2v) is 3.75. The smallest absolute Gasteiger partial charge is 0.0622 e. The molecule has 0 aliphatic rings. The van der Waals surface area contributed by atoms with Crippen molar-refractivity contribution in [3.63, 3.8) is 0 Å². The number of hydrogen-bond donors (Lipinski definition) is 1. The second-order valence-electron chi connectivity index (χ2n) is 3.75. The first-order valence-electron chi connectivity index (χ1n) is 5.46. The summed E-state index contributed by atoms with van der Waals surface area (Å²) in [7, 11) is 0. The summed E-state index contributed by atoms with van der Waals surface area (Å²) in [6.45, 7) is 4.05. The van der Waals surface area contributed by atoms with Crippen LogP contribution in [0.4, 0.5) is 0 Å². The predicted molar refractivity (Wildman–Crippen MR) is 62.6 cm³/mol. The van der Waals surface area contributed by atoms with Gasteiger partial charge in [0.25, 0.3) is 0 Å². The van der Waals surface area contributed by atoms with Gasteiger partial charge in [0.05, 0.1) is 6.07 Å². The van der Waals surface area contributed by atoms with E-state index >= 15 is 0 Å². The second kappa shape index (κ2) is 7.03. The quantitative estimate of drug-likeness (QED) is 0.719. The Labute approximate surface area is 91.9 Å². The van der Waals surface area contributed by atoms with Crippen molar-refractivity contribution in [3.8, 4) is 6.07 Å². The average Bonchev–Trinajstić information content (AvgIpc) is 2.23. The van der Waals surface area contributed by atoms with E-state index in [0.717, 1.165) is 25.9 Å². The Hall–Kier alpha value is -1.33. The van der Waals surface area contributed by atoms with Crippen LogP contribution in [0.5, 0.6) is 0 Å². The molecule has 1 aromatic rings. The lowest BCUT2D eigenvalue weighted by molar-refractivity contribution is 0.655. The number of nitrogens with zero attached hydrogens (tertiary/aromatic N) is 1. The highest BCUT2D eigenvalue weighted by Gasteiger charge is 1.93. The highest BCUT2D eigenvalue weighted by Crippen LogP contribution is 2.03. The van der Waals surface area contributed by atoms with E-state index in [4.69, 9.17) is 5.26 Å². The fourth-order valence-corrected chi connectivity index (χ4v) is 1.52. The Morgan fingerprint density at radius 2 is 2.20 bits per heavy atom. The SMILES string of the molecule is Cc1cccc(CCNCCCC#N)c1. The van der Waals surface area contributed by atoms with Gasteiger partial charge in [-0.1, -0.05) is 29.8 Å². The molecule has 0 spiro atoms. The van der Waals surface area contributed by atoms with Gasteiger partial charge in [0.2, 0.25) is 0 Å². The van der Waals surface area contributed by atoms with E-state index in [9.17, 15) is 0 Å². The molecule has 0 fully saturated rings. The van der Waals surface area contributed by atoms with E-state index in [1.165, 1.54) is 11.1 Å². The van der Waals surface area contributed by atoms with Crippen molar-refractivity contribution < 1.29 is 0 Å². The number of unbranched alkanes of at least 4 members (excludes halogenated alkanes) is 1. The van der Waals surface area contributed by atoms with Gasteiger partial charge >= 0.3 is 0 Å². The number of nitrogens with one attached hydrogen (secondary N) is 1. The molecular formula is C13H18N2. The number of rotatable bonds is 6. The minimum absolute atomic E-state index is 0.650. The lowest BCUT2D eigenvalue weighted by Gasteiger charge is -2.04. The van der Waals surface area contributed by atoms with E-state index in [2.05, 4.69) is 42.6 Å². The lowest BCUT2D eigenvalue weighted by atomic mass is 10.1. The normalized spacial score (nSPS) is 9.87. The fraction of sp³-hybridized carbons (Fsp3) is 0.462. The summed E-state index contributed by atoms with van der Waals surface area (Å²) in [5.41, 5.74) is 2.69. The van der Waals surface area contributed by atoms with Crippen molar-refractivity contribution in [2.24, 2.45) is 0 Å². The van der Waals surface area contributed by atoms with E-state index in [0.29, 0.717) is 6.42 Å². The Bertz CT molecular complexity index is 326. The van der Waals surface area contributed by atoms with Gasteiger partial charge in [0, 0.05) is 6.42 Å². The van der Waals surface area contributed by atoms with Crippen molar-refractivity contribution in [3.05, 3.63) is 35.4 Å². The monoisotopic (exact) mass is 202 g/mol. The molecule has 1 aromatic carbocycles. The molecule has 0 unspecified atom stereocenters. The van der Waals surface area contributed by atoms with Gasteiger partial charge in [-0.25, -0.2) is 0 Å². The third-order valence-corrected chi connectivity index (χ3v) is 2.32. The molecule has 0 saturated heterocycles. The minimum atomic E-state index is 0.650. The predicted octanol–water partition coefficient (Wildman–Crippen LogP) is 2.43. The van der Waals surface area contributed by atoms with E-state index in [1.54, 1.807) is 0 Å². The molecule has 1 rings (SSSR count). The molecule has 80 valence electrons. The van der Waals surface area contributed by atoms with Gasteiger partial charge in [-0.3, -0.25) is 0 Å². The summed E-state index contributed by atoms with van der Waals surface area (Å²) < 4.78 is 0. The Morgan fingerprint density at radius 3 is 2.93 bits per heavy atom. The molecule has 2 nitrogen and oxygen atoms in total. The third kappa shape index (κ3) is 5.19. The molecule has 0 heterocycles. The Balaban J connectivity index is 2.13. The standard InChI is InChI=1S/C13H18N2/c1-12-5-4-6-13(11-12)7-10-15-9-3-2-8-14/h4-6,11,15H,2-3,7,9-10H2,1H3. The zero-order chi connectivity index (χ0) is 10.9. The summed E-state index contributed by atoms with van der Waals surface area (Å²) in [5, 5.41) is 11.7. The zero-order valence-electron chi connectivity index (χ0n) is 9.29. The number of hydrogen-bond acceptors (Lipinski definition) is 2. The van der Waals surface area contributed by atoms with Crippen LogP contribution in [-0.4, -0.2) is 13.1 Å². The van der Waals surface area contributed by atoms with Gasteiger partial charge in [-0.05, 0) is 38.4 Å². The molecule has 0 amide bonds. The Morgan fingerprint density at radius 1 is 1.33 bits per heavy atom. The zero-order valence-corrected chi connectivity index (χ0v) is 9.29. The summed E-state index contributed by atoms with van der Waals surface area (Å²) in [4.78, 5) is 0. The largest absolute Gasteiger partial charge is 0.316 e. The van der Waals surface area contributed by atoms with Crippen LogP contribution in [0.2, 0.25) is 0 Å². The summed E-state index contributed by atoms with van der Waals surface area (Å²) in [5.74, 6) is 0. The maximum absolute atomic E-state index is 8.35. The lowest BCUT2D eigenvalue weighted by Crippen LogP contribution is -2.18. The molecule has 0 radical (unpaired) electrons. The molecule has 1 N–H and O–H groups in total. The van der Waals surface area contributed by atoms with Gasteiger partial charge in [-0.2, -0.15) is 5.26 Å². The van der Waals surface area contributed by atoms with Crippen molar-refractivity contribution in [2.75, 3.05) is 13.1 Å². The maximum atomic E-state index is 8.35. The number of nitriles is 1. The first-order chi connectivity index (χ1) is 7.33. The van der Waals surface area contributed by atoms with Gasteiger partial charge < -0.3 is 5.32 Å².